The van der Waals surface area contributed by atoms with Crippen molar-refractivity contribution in [2.45, 2.75) is 45.1 Å². The summed E-state index contributed by atoms with van der Waals surface area (Å²) in [6.45, 7) is 8.29. The number of nitrogens with one attached hydrogen (secondary N) is 1. The van der Waals surface area contributed by atoms with Crippen LogP contribution in [0.5, 0.6) is 0 Å². The summed E-state index contributed by atoms with van der Waals surface area (Å²) >= 11 is 3.18. The second kappa shape index (κ2) is 6.66. The fourth-order valence-corrected chi connectivity index (χ4v) is 4.63. The quantitative estimate of drug-likeness (QED) is 0.744. The van der Waals surface area contributed by atoms with Crippen LogP contribution in [0.3, 0.4) is 0 Å². The number of thiophene rings is 1. The van der Waals surface area contributed by atoms with Gasteiger partial charge in [-0.2, -0.15) is 11.3 Å². The van der Waals surface area contributed by atoms with Gasteiger partial charge in [0.1, 0.15) is 0 Å². The molecule has 1 aliphatic heterocycles. The maximum atomic E-state index is 12.2. The minimum Gasteiger partial charge on any atom is -0.349 e. The molecule has 0 aliphatic carbocycles. The van der Waals surface area contributed by atoms with Crippen LogP contribution in [0.2, 0.25) is 0 Å². The molecular weight excluding hydrogens is 366 g/mol. The van der Waals surface area contributed by atoms with Crippen molar-refractivity contribution in [2.75, 3.05) is 18.0 Å². The molecule has 4 heterocycles. The van der Waals surface area contributed by atoms with Gasteiger partial charge in [0, 0.05) is 35.5 Å². The van der Waals surface area contributed by atoms with E-state index in [1.165, 1.54) is 0 Å². The molecule has 0 unspecified atom stereocenters. The number of anilines is 1. The Bertz CT molecular complexity index is 866. The Kier molecular flexibility index (Phi) is 4.48. The molecule has 8 heteroatoms. The first kappa shape index (κ1) is 17.5. The van der Waals surface area contributed by atoms with E-state index in [1.807, 2.05) is 27.5 Å². The number of carbonyl (C=O) groups excluding carboxylic acids is 1. The monoisotopic (exact) mass is 389 g/mol. The lowest BCUT2D eigenvalue weighted by Gasteiger charge is -2.31. The van der Waals surface area contributed by atoms with E-state index in [4.69, 9.17) is 10.1 Å². The molecule has 0 spiro atoms. The number of fused-ring (bicyclic) bond motifs is 1. The Morgan fingerprint density at radius 2 is 2.08 bits per heavy atom. The van der Waals surface area contributed by atoms with Crippen molar-refractivity contribution in [3.63, 3.8) is 0 Å². The van der Waals surface area contributed by atoms with Crippen LogP contribution in [0.4, 0.5) is 5.13 Å². The zero-order chi connectivity index (χ0) is 18.3. The minimum atomic E-state index is 0.0343. The molecule has 1 N–H and O–H groups in total. The predicted molar refractivity (Wildman–Crippen MR) is 107 cm³/mol. The van der Waals surface area contributed by atoms with Gasteiger partial charge in [-0.15, -0.1) is 5.10 Å². The number of aromatic nitrogens is 3. The van der Waals surface area contributed by atoms with E-state index in [9.17, 15) is 4.79 Å². The number of hydrogen-bond acceptors (Lipinski definition) is 6. The van der Waals surface area contributed by atoms with Crippen molar-refractivity contribution >= 4 is 38.7 Å². The normalized spacial score (nSPS) is 16.3. The van der Waals surface area contributed by atoms with Crippen LogP contribution in [0.25, 0.3) is 4.96 Å². The standard InChI is InChI=1S/C18H23N5OS2/c1-18(2,3)14-10-23-16(20-14)26-17(21-23)22-7-4-13(5-8-22)19-15(24)12-6-9-25-11-12/h6,9-11,13H,4-5,7-8H2,1-3H3,(H,19,24). The zero-order valence-corrected chi connectivity index (χ0v) is 16.9. The highest BCUT2D eigenvalue weighted by Crippen LogP contribution is 2.29. The fourth-order valence-electron chi connectivity index (χ4n) is 3.06. The molecule has 1 fully saturated rings. The van der Waals surface area contributed by atoms with E-state index in [2.05, 4.69) is 31.0 Å². The third-order valence-electron chi connectivity index (χ3n) is 4.68. The van der Waals surface area contributed by atoms with Gasteiger partial charge < -0.3 is 10.2 Å². The predicted octanol–water partition coefficient (Wildman–Crippen LogP) is 3.55. The molecule has 1 amide bonds. The number of carbonyl (C=O) groups is 1. The molecule has 3 aromatic heterocycles. The first-order chi connectivity index (χ1) is 12.4. The van der Waals surface area contributed by atoms with Gasteiger partial charge in [0.05, 0.1) is 11.9 Å². The van der Waals surface area contributed by atoms with Gasteiger partial charge in [-0.25, -0.2) is 9.50 Å². The molecule has 138 valence electrons. The second-order valence-corrected chi connectivity index (χ2v) is 9.45. The Balaban J connectivity index is 1.38. The van der Waals surface area contributed by atoms with Crippen molar-refractivity contribution in [2.24, 2.45) is 0 Å². The molecule has 3 aromatic rings. The van der Waals surface area contributed by atoms with E-state index >= 15 is 0 Å². The number of rotatable bonds is 3. The van der Waals surface area contributed by atoms with Crippen LogP contribution in [-0.4, -0.2) is 39.6 Å². The topological polar surface area (TPSA) is 62.5 Å². The molecule has 1 aliphatic rings. The average molecular weight is 390 g/mol. The number of nitrogens with zero attached hydrogens (tertiary/aromatic N) is 4. The van der Waals surface area contributed by atoms with Gasteiger partial charge in [0.2, 0.25) is 10.1 Å². The third kappa shape index (κ3) is 3.48. The van der Waals surface area contributed by atoms with Crippen LogP contribution in [0, 0.1) is 0 Å². The highest BCUT2D eigenvalue weighted by Gasteiger charge is 2.25. The summed E-state index contributed by atoms with van der Waals surface area (Å²) < 4.78 is 1.89. The Labute approximate surface area is 160 Å². The van der Waals surface area contributed by atoms with Crippen molar-refractivity contribution in [3.05, 3.63) is 34.3 Å². The minimum absolute atomic E-state index is 0.0343. The fraction of sp³-hybridized carbons (Fsp3) is 0.500. The lowest BCUT2D eigenvalue weighted by atomic mass is 9.93. The van der Waals surface area contributed by atoms with E-state index in [0.717, 1.165) is 47.3 Å². The summed E-state index contributed by atoms with van der Waals surface area (Å²) in [6.07, 6.45) is 3.90. The van der Waals surface area contributed by atoms with Crippen molar-refractivity contribution in [1.29, 1.82) is 0 Å². The molecule has 0 aromatic carbocycles. The second-order valence-electron chi connectivity index (χ2n) is 7.73. The largest absolute Gasteiger partial charge is 0.349 e. The highest BCUT2D eigenvalue weighted by atomic mass is 32.1. The first-order valence-corrected chi connectivity index (χ1v) is 10.6. The lowest BCUT2D eigenvalue weighted by Crippen LogP contribution is -2.44. The summed E-state index contributed by atoms with van der Waals surface area (Å²) in [7, 11) is 0. The molecule has 0 saturated carbocycles. The Hall–Kier alpha value is -1.93. The van der Waals surface area contributed by atoms with E-state index in [1.54, 1.807) is 22.7 Å². The van der Waals surface area contributed by atoms with Gasteiger partial charge in [0.25, 0.3) is 5.91 Å². The zero-order valence-electron chi connectivity index (χ0n) is 15.2. The van der Waals surface area contributed by atoms with Crippen molar-refractivity contribution in [3.8, 4) is 0 Å². The maximum Gasteiger partial charge on any atom is 0.252 e. The lowest BCUT2D eigenvalue weighted by molar-refractivity contribution is 0.0931. The van der Waals surface area contributed by atoms with Gasteiger partial charge in [-0.05, 0) is 24.3 Å². The number of imidazole rings is 1. The summed E-state index contributed by atoms with van der Waals surface area (Å²) in [5.74, 6) is 0.0344. The van der Waals surface area contributed by atoms with Crippen LogP contribution in [-0.2, 0) is 5.41 Å². The Morgan fingerprint density at radius 3 is 2.69 bits per heavy atom. The summed E-state index contributed by atoms with van der Waals surface area (Å²) in [4.78, 5) is 20.1. The molecule has 0 bridgehead atoms. The molecule has 6 nitrogen and oxygen atoms in total. The molecule has 0 atom stereocenters. The van der Waals surface area contributed by atoms with E-state index in [-0.39, 0.29) is 17.4 Å². The molecule has 1 saturated heterocycles. The summed E-state index contributed by atoms with van der Waals surface area (Å²) in [5.41, 5.74) is 1.86. The third-order valence-corrected chi connectivity index (χ3v) is 6.35. The van der Waals surface area contributed by atoms with Gasteiger partial charge in [-0.1, -0.05) is 32.1 Å². The van der Waals surface area contributed by atoms with Crippen LogP contribution < -0.4 is 10.2 Å². The highest BCUT2D eigenvalue weighted by molar-refractivity contribution is 7.20. The van der Waals surface area contributed by atoms with E-state index < -0.39 is 0 Å². The molecule has 26 heavy (non-hydrogen) atoms. The molecule has 4 rings (SSSR count). The SMILES string of the molecule is CC(C)(C)c1cn2nc(N3CCC(NC(=O)c4ccsc4)CC3)sc2n1. The number of amides is 1. The first-order valence-electron chi connectivity index (χ1n) is 8.85. The van der Waals surface area contributed by atoms with Crippen LogP contribution in [0.1, 0.15) is 49.7 Å². The average Bonchev–Trinajstić information content (AvgIpc) is 3.30. The van der Waals surface area contributed by atoms with Gasteiger partial charge in [0.15, 0.2) is 0 Å². The summed E-state index contributed by atoms with van der Waals surface area (Å²) in [6, 6.07) is 2.10. The van der Waals surface area contributed by atoms with Crippen LogP contribution >= 0.6 is 22.7 Å². The Morgan fingerprint density at radius 1 is 1.31 bits per heavy atom. The smallest absolute Gasteiger partial charge is 0.252 e. The van der Waals surface area contributed by atoms with Crippen molar-refractivity contribution < 1.29 is 4.79 Å². The summed E-state index contributed by atoms with van der Waals surface area (Å²) in [5, 5.41) is 12.7. The number of hydrogen-bond donors (Lipinski definition) is 1. The van der Waals surface area contributed by atoms with E-state index in [0.29, 0.717) is 0 Å². The molecule has 0 radical (unpaired) electrons. The van der Waals surface area contributed by atoms with Crippen molar-refractivity contribution in [1.82, 2.24) is 19.9 Å². The van der Waals surface area contributed by atoms with Gasteiger partial charge >= 0.3 is 0 Å². The van der Waals surface area contributed by atoms with Crippen LogP contribution in [0.15, 0.2) is 23.0 Å². The molecular formula is C18H23N5OS2. The maximum absolute atomic E-state index is 12.2. The van der Waals surface area contributed by atoms with Gasteiger partial charge in [-0.3, -0.25) is 4.79 Å². The number of piperidine rings is 1.